The van der Waals surface area contributed by atoms with Gasteiger partial charge >= 0.3 is 0 Å². The van der Waals surface area contributed by atoms with Gasteiger partial charge < -0.3 is 5.11 Å². The summed E-state index contributed by atoms with van der Waals surface area (Å²) in [7, 11) is 0. The summed E-state index contributed by atoms with van der Waals surface area (Å²) in [6.07, 6.45) is 2.52. The molecule has 1 atom stereocenters. The molecule has 0 spiro atoms. The molecule has 4 rings (SSSR count). The van der Waals surface area contributed by atoms with Gasteiger partial charge in [0.25, 0.3) is 5.56 Å². The highest BCUT2D eigenvalue weighted by Gasteiger charge is 2.14. The van der Waals surface area contributed by atoms with E-state index in [9.17, 15) is 9.90 Å². The van der Waals surface area contributed by atoms with Gasteiger partial charge in [0.15, 0.2) is 5.82 Å². The minimum Gasteiger partial charge on any atom is -0.390 e. The minimum absolute atomic E-state index is 0.141. The monoisotopic (exact) mass is 462 g/mol. The van der Waals surface area contributed by atoms with E-state index in [4.69, 9.17) is 0 Å². The molecule has 8 nitrogen and oxygen atoms in total. The topological polar surface area (TPSA) is 98.2 Å². The molecule has 0 saturated heterocycles. The van der Waals surface area contributed by atoms with Gasteiger partial charge in [-0.2, -0.15) is 9.78 Å². The number of fused-ring (bicyclic) bond motifs is 1. The number of hydrogen-bond acceptors (Lipinski definition) is 7. The Balaban J connectivity index is 1.47. The van der Waals surface area contributed by atoms with Crippen molar-refractivity contribution in [3.05, 3.63) is 81.2 Å². The lowest BCUT2D eigenvalue weighted by Gasteiger charge is -2.12. The molecule has 0 fully saturated rings. The van der Waals surface area contributed by atoms with E-state index in [0.29, 0.717) is 27.6 Å². The molecule has 0 amide bonds. The van der Waals surface area contributed by atoms with E-state index in [2.05, 4.69) is 53.2 Å². The summed E-state index contributed by atoms with van der Waals surface area (Å²) in [6, 6.07) is 11.4. The molecule has 4 aromatic rings. The summed E-state index contributed by atoms with van der Waals surface area (Å²) in [5, 5.41) is 24.6. The molecular weight excluding hydrogens is 436 g/mol. The molecule has 1 unspecified atom stereocenters. The number of hydrogen-bond donors (Lipinski definition) is 1. The number of benzene rings is 2. The average molecular weight is 463 g/mol. The van der Waals surface area contributed by atoms with Crippen molar-refractivity contribution >= 4 is 28.9 Å². The van der Waals surface area contributed by atoms with Crippen LogP contribution in [0, 0.1) is 27.7 Å². The number of aliphatic hydroxyl groups is 1. The zero-order valence-electron chi connectivity index (χ0n) is 19.1. The molecule has 0 bridgehead atoms. The Bertz CT molecular complexity index is 1370. The first-order chi connectivity index (χ1) is 15.8. The lowest BCUT2D eigenvalue weighted by Crippen LogP contribution is -2.28. The first-order valence-electron chi connectivity index (χ1n) is 10.6. The summed E-state index contributed by atoms with van der Waals surface area (Å²) in [5.41, 5.74) is 5.06. The summed E-state index contributed by atoms with van der Waals surface area (Å²) >= 11 is 1.34. The molecule has 2 heterocycles. The van der Waals surface area contributed by atoms with Crippen LogP contribution >= 0.6 is 11.8 Å². The van der Waals surface area contributed by atoms with Gasteiger partial charge in [-0.05, 0) is 51.0 Å². The first kappa shape index (κ1) is 22.9. The highest BCUT2D eigenvalue weighted by molar-refractivity contribution is 7.99. The van der Waals surface area contributed by atoms with Crippen LogP contribution in [0.5, 0.6) is 0 Å². The average Bonchev–Trinajstić information content (AvgIpc) is 3.13. The normalized spacial score (nSPS) is 12.6. The van der Waals surface area contributed by atoms with Crippen molar-refractivity contribution in [2.24, 2.45) is 5.10 Å². The minimum atomic E-state index is -0.772. The lowest BCUT2D eigenvalue weighted by molar-refractivity contribution is 0.176. The van der Waals surface area contributed by atoms with Crippen LogP contribution in [-0.4, -0.2) is 47.6 Å². The van der Waals surface area contributed by atoms with Crippen molar-refractivity contribution in [2.45, 2.75) is 45.5 Å². The summed E-state index contributed by atoms with van der Waals surface area (Å²) in [6.45, 7) is 8.18. The van der Waals surface area contributed by atoms with Gasteiger partial charge in [-0.3, -0.25) is 9.36 Å². The fourth-order valence-electron chi connectivity index (χ4n) is 3.76. The SMILES string of the molecule is Cc1cc(C)c(C=Nn2c(C)nnc2SCC(O)Cn2cnc3ccccc3c2=O)c(C)c1. The maximum atomic E-state index is 12.7. The van der Waals surface area contributed by atoms with Crippen LogP contribution in [-0.2, 0) is 6.54 Å². The van der Waals surface area contributed by atoms with Crippen LogP contribution in [0.3, 0.4) is 0 Å². The van der Waals surface area contributed by atoms with Crippen LogP contribution in [0.25, 0.3) is 10.9 Å². The van der Waals surface area contributed by atoms with Crippen molar-refractivity contribution in [1.82, 2.24) is 24.4 Å². The molecular formula is C24H26N6O2S. The summed E-state index contributed by atoms with van der Waals surface area (Å²) in [5.74, 6) is 0.982. The van der Waals surface area contributed by atoms with Gasteiger partial charge in [-0.1, -0.05) is 41.6 Å². The molecule has 0 aliphatic rings. The van der Waals surface area contributed by atoms with E-state index < -0.39 is 6.10 Å². The quantitative estimate of drug-likeness (QED) is 0.334. The Labute approximate surface area is 196 Å². The third-order valence-electron chi connectivity index (χ3n) is 5.35. The highest BCUT2D eigenvalue weighted by Crippen LogP contribution is 2.19. The maximum Gasteiger partial charge on any atom is 0.261 e. The highest BCUT2D eigenvalue weighted by atomic mass is 32.2. The van der Waals surface area contributed by atoms with Crippen LogP contribution in [0.4, 0.5) is 0 Å². The van der Waals surface area contributed by atoms with Crippen molar-refractivity contribution in [1.29, 1.82) is 0 Å². The van der Waals surface area contributed by atoms with Crippen molar-refractivity contribution in [3.63, 3.8) is 0 Å². The third kappa shape index (κ3) is 5.04. The molecule has 2 aromatic heterocycles. The largest absolute Gasteiger partial charge is 0.390 e. The molecule has 1 N–H and O–H groups in total. The van der Waals surface area contributed by atoms with E-state index in [1.54, 1.807) is 22.9 Å². The van der Waals surface area contributed by atoms with E-state index in [1.165, 1.54) is 28.2 Å². The fourth-order valence-corrected chi connectivity index (χ4v) is 4.61. The molecule has 2 aromatic carbocycles. The van der Waals surface area contributed by atoms with Crippen LogP contribution in [0.15, 0.2) is 57.8 Å². The number of thioether (sulfide) groups is 1. The molecule has 170 valence electrons. The predicted octanol–water partition coefficient (Wildman–Crippen LogP) is 3.26. The third-order valence-corrected chi connectivity index (χ3v) is 6.42. The van der Waals surface area contributed by atoms with Gasteiger partial charge in [-0.15, -0.1) is 10.2 Å². The Kier molecular flexibility index (Phi) is 6.71. The second-order valence-corrected chi connectivity index (χ2v) is 9.07. The van der Waals surface area contributed by atoms with Gasteiger partial charge in [0, 0.05) is 11.3 Å². The van der Waals surface area contributed by atoms with Gasteiger partial charge in [0.2, 0.25) is 5.16 Å². The van der Waals surface area contributed by atoms with E-state index in [-0.39, 0.29) is 12.1 Å². The number of nitrogens with zero attached hydrogens (tertiary/aromatic N) is 6. The smallest absolute Gasteiger partial charge is 0.261 e. The van der Waals surface area contributed by atoms with Crippen molar-refractivity contribution in [2.75, 3.05) is 5.75 Å². The Hall–Kier alpha value is -3.30. The van der Waals surface area contributed by atoms with Crippen LogP contribution in [0.2, 0.25) is 0 Å². The number of aliphatic hydroxyl groups excluding tert-OH is 1. The molecule has 0 aliphatic heterocycles. The van der Waals surface area contributed by atoms with Gasteiger partial charge in [0.05, 0.1) is 36.1 Å². The molecule has 0 aliphatic carbocycles. The number of aromatic nitrogens is 5. The number of aryl methyl sites for hydroxylation is 4. The second-order valence-electron chi connectivity index (χ2n) is 8.08. The van der Waals surface area contributed by atoms with Crippen LogP contribution in [0.1, 0.15) is 28.1 Å². The number of para-hydroxylation sites is 1. The zero-order chi connectivity index (χ0) is 23.5. The van der Waals surface area contributed by atoms with Gasteiger partial charge in [0.1, 0.15) is 0 Å². The second kappa shape index (κ2) is 9.68. The molecule has 9 heteroatoms. The van der Waals surface area contributed by atoms with Crippen LogP contribution < -0.4 is 5.56 Å². The lowest BCUT2D eigenvalue weighted by atomic mass is 10.0. The van der Waals surface area contributed by atoms with E-state index in [0.717, 1.165) is 16.7 Å². The predicted molar refractivity (Wildman–Crippen MR) is 131 cm³/mol. The zero-order valence-corrected chi connectivity index (χ0v) is 19.9. The Morgan fingerprint density at radius 1 is 1.12 bits per heavy atom. The Morgan fingerprint density at radius 2 is 1.85 bits per heavy atom. The molecule has 33 heavy (non-hydrogen) atoms. The standard InChI is InChI=1S/C24H26N6O2S/c1-15-9-16(2)21(17(3)10-15)11-26-30-18(4)27-28-24(30)33-13-19(31)12-29-14-25-22-8-6-5-7-20(22)23(29)32/h5-11,14,19,31H,12-13H2,1-4H3. The van der Waals surface area contributed by atoms with Crippen molar-refractivity contribution < 1.29 is 5.11 Å². The molecule has 0 radical (unpaired) electrons. The van der Waals surface area contributed by atoms with E-state index >= 15 is 0 Å². The Morgan fingerprint density at radius 3 is 2.61 bits per heavy atom. The maximum absolute atomic E-state index is 12.7. The van der Waals surface area contributed by atoms with Crippen molar-refractivity contribution in [3.8, 4) is 0 Å². The van der Waals surface area contributed by atoms with E-state index in [1.807, 2.05) is 19.2 Å². The molecule has 0 saturated carbocycles. The summed E-state index contributed by atoms with van der Waals surface area (Å²) in [4.78, 5) is 17.0. The fraction of sp³-hybridized carbons (Fsp3) is 0.292. The summed E-state index contributed by atoms with van der Waals surface area (Å²) < 4.78 is 3.10. The van der Waals surface area contributed by atoms with Gasteiger partial charge in [-0.25, -0.2) is 4.98 Å². The first-order valence-corrected chi connectivity index (χ1v) is 11.6. The number of rotatable bonds is 7.